The normalized spacial score (nSPS) is 11.4. The zero-order chi connectivity index (χ0) is 51.4. The molecule has 9 aromatic carbocycles. The van der Waals surface area contributed by atoms with Gasteiger partial charge in [0, 0.05) is 35.3 Å². The van der Waals surface area contributed by atoms with Crippen LogP contribution in [0.4, 0.5) is 0 Å². The average Bonchev–Trinajstić information content (AvgIpc) is 3.51. The minimum Gasteiger partial charge on any atom is -0.340 e. The van der Waals surface area contributed by atoms with E-state index < -0.39 is 5.97 Å². The molecule has 362 valence electrons. The number of rotatable bonds is 12. The molecule has 0 saturated heterocycles. The quantitative estimate of drug-likeness (QED) is 0.106. The van der Waals surface area contributed by atoms with Crippen molar-refractivity contribution >= 4 is 0 Å². The molecule has 0 aliphatic heterocycles. The molecule has 0 bridgehead atoms. The summed E-state index contributed by atoms with van der Waals surface area (Å²) in [4.78, 5) is 13.8. The van der Waals surface area contributed by atoms with Gasteiger partial charge in [0.05, 0.1) is 22.6 Å². The lowest BCUT2D eigenvalue weighted by Gasteiger charge is -2.19. The summed E-state index contributed by atoms with van der Waals surface area (Å²) < 4.78 is 0. The Labute approximate surface area is 441 Å². The molecule has 6 heteroatoms. The first-order valence-electron chi connectivity index (χ1n) is 25.2. The molecular weight excluding hydrogens is 931 g/mol. The zero-order valence-electron chi connectivity index (χ0n) is 41.2. The maximum Gasteiger partial charge on any atom is 0.305 e. The van der Waals surface area contributed by atoms with Crippen LogP contribution in [-0.4, -0.2) is 30.3 Å². The Morgan fingerprint density at radius 1 is 0.224 bits per heavy atom. The second-order valence-electron chi connectivity index (χ2n) is 18.8. The first-order valence-corrected chi connectivity index (χ1v) is 25.2. The van der Waals surface area contributed by atoms with Crippen LogP contribution in [0.2, 0.25) is 0 Å². The topological polar surface area (TPSA) is 99.4 Å². The summed E-state index contributed by atoms with van der Waals surface area (Å²) in [5.74, 6) is -3.00. The molecule has 0 fully saturated rings. The fourth-order valence-corrected chi connectivity index (χ4v) is 10.2. The number of aromatic nitrogens is 3. The van der Waals surface area contributed by atoms with E-state index >= 15 is 0 Å². The highest BCUT2D eigenvalue weighted by Crippen LogP contribution is 2.45. The first kappa shape index (κ1) is 47.3. The van der Waals surface area contributed by atoms with Crippen molar-refractivity contribution in [3.63, 3.8) is 0 Å². The molecule has 3 heterocycles. The highest BCUT2D eigenvalue weighted by molar-refractivity contribution is 5.97. The smallest absolute Gasteiger partial charge is 0.305 e. The molecule has 3 aromatic heterocycles. The molecule has 0 unspecified atom stereocenters. The van der Waals surface area contributed by atoms with Crippen LogP contribution in [0.5, 0.6) is 0 Å². The summed E-state index contributed by atoms with van der Waals surface area (Å²) in [5, 5.41) is 29.6. The predicted octanol–water partition coefficient (Wildman–Crippen LogP) is 16.3. The van der Waals surface area contributed by atoms with Crippen LogP contribution in [0, 0.1) is 0 Å². The van der Waals surface area contributed by atoms with Gasteiger partial charge in [0.1, 0.15) is 0 Å². The summed E-state index contributed by atoms with van der Waals surface area (Å²) in [5.41, 5.74) is 22.5. The fraction of sp³-hybridized carbons (Fsp3) is 0.0143. The summed E-state index contributed by atoms with van der Waals surface area (Å²) in [6, 6.07) is 90.7. The Balaban J connectivity index is 1.03. The lowest BCUT2D eigenvalue weighted by Crippen LogP contribution is -2.23. The van der Waals surface area contributed by atoms with Gasteiger partial charge in [0.15, 0.2) is 0 Å². The fourth-order valence-electron chi connectivity index (χ4n) is 10.2. The number of aliphatic hydroxyl groups is 3. The summed E-state index contributed by atoms with van der Waals surface area (Å²) >= 11 is 0. The molecule has 0 saturated carbocycles. The van der Waals surface area contributed by atoms with Crippen molar-refractivity contribution < 1.29 is 15.3 Å². The molecule has 0 spiro atoms. The van der Waals surface area contributed by atoms with E-state index in [1.165, 1.54) is 12.3 Å². The standard InChI is InChI=1S/C70H49N3O3/c74-70(75,76)58-37-39-69(73-46-58)54-36-38-65(66(45-54)51-26-24-48(25-27-51)47-14-2-1-3-15-47)64-21-9-8-20-63(64)57-43-55(61-18-6-4-16-59(61)49-28-32-52(33-29-49)67-22-10-12-40-71-67)42-56(44-57)62-19-7-5-17-60(62)50-30-34-53(35-31-50)68-23-11-13-41-72-68/h1-46,74-76H. The second kappa shape index (κ2) is 20.7. The van der Waals surface area contributed by atoms with Crippen molar-refractivity contribution in [2.45, 2.75) is 5.97 Å². The molecule has 0 aliphatic rings. The van der Waals surface area contributed by atoms with E-state index in [0.29, 0.717) is 5.69 Å². The van der Waals surface area contributed by atoms with Crippen LogP contribution >= 0.6 is 0 Å². The van der Waals surface area contributed by atoms with Crippen LogP contribution in [0.3, 0.4) is 0 Å². The van der Waals surface area contributed by atoms with Crippen LogP contribution in [0.1, 0.15) is 5.56 Å². The Bertz CT molecular complexity index is 3830. The van der Waals surface area contributed by atoms with E-state index in [4.69, 9.17) is 0 Å². The number of pyridine rings is 3. The molecule has 0 aliphatic carbocycles. The van der Waals surface area contributed by atoms with E-state index in [1.807, 2.05) is 60.9 Å². The van der Waals surface area contributed by atoms with Crippen molar-refractivity contribution in [2.24, 2.45) is 0 Å². The van der Waals surface area contributed by atoms with Crippen LogP contribution in [0.15, 0.2) is 279 Å². The summed E-state index contributed by atoms with van der Waals surface area (Å²) in [7, 11) is 0. The van der Waals surface area contributed by atoms with Gasteiger partial charge >= 0.3 is 5.97 Å². The van der Waals surface area contributed by atoms with Crippen LogP contribution in [0.25, 0.3) is 123 Å². The monoisotopic (exact) mass is 979 g/mol. The number of hydrogen-bond acceptors (Lipinski definition) is 6. The summed E-state index contributed by atoms with van der Waals surface area (Å²) in [6.07, 6.45) is 4.93. The molecule has 76 heavy (non-hydrogen) atoms. The second-order valence-corrected chi connectivity index (χ2v) is 18.8. The van der Waals surface area contributed by atoms with Crippen molar-refractivity contribution in [1.82, 2.24) is 15.0 Å². The van der Waals surface area contributed by atoms with E-state index in [-0.39, 0.29) is 5.56 Å². The van der Waals surface area contributed by atoms with Crippen molar-refractivity contribution in [3.8, 4) is 123 Å². The zero-order valence-corrected chi connectivity index (χ0v) is 41.2. The molecule has 12 aromatic rings. The van der Waals surface area contributed by atoms with Gasteiger partial charge in [-0.25, -0.2) is 0 Å². The number of nitrogens with zero attached hydrogens (tertiary/aromatic N) is 3. The van der Waals surface area contributed by atoms with Crippen molar-refractivity contribution in [1.29, 1.82) is 0 Å². The number of benzene rings is 9. The lowest BCUT2D eigenvalue weighted by atomic mass is 9.84. The molecule has 3 N–H and O–H groups in total. The van der Waals surface area contributed by atoms with Gasteiger partial charge in [-0.15, -0.1) is 0 Å². The average molecular weight is 980 g/mol. The maximum absolute atomic E-state index is 9.88. The van der Waals surface area contributed by atoms with Gasteiger partial charge in [-0.3, -0.25) is 15.0 Å². The van der Waals surface area contributed by atoms with Crippen molar-refractivity contribution in [3.05, 3.63) is 285 Å². The minimum absolute atomic E-state index is 0.123. The third kappa shape index (κ3) is 9.78. The Hall–Kier alpha value is -9.69. The molecular formula is C70H49N3O3. The lowest BCUT2D eigenvalue weighted by molar-refractivity contribution is -0.324. The third-order valence-corrected chi connectivity index (χ3v) is 14.0. The van der Waals surface area contributed by atoms with Gasteiger partial charge in [-0.2, -0.15) is 0 Å². The van der Waals surface area contributed by atoms with Gasteiger partial charge in [-0.1, -0.05) is 200 Å². The first-order chi connectivity index (χ1) is 37.3. The Morgan fingerprint density at radius 2 is 0.579 bits per heavy atom. The minimum atomic E-state index is -3.00. The Kier molecular flexibility index (Phi) is 12.9. The number of hydrogen-bond donors (Lipinski definition) is 3. The van der Waals surface area contributed by atoms with E-state index in [9.17, 15) is 15.3 Å². The van der Waals surface area contributed by atoms with Gasteiger partial charge in [0.25, 0.3) is 0 Å². The highest BCUT2D eigenvalue weighted by atomic mass is 16.7. The van der Waals surface area contributed by atoms with Crippen LogP contribution in [-0.2, 0) is 5.97 Å². The Morgan fingerprint density at radius 3 is 1.03 bits per heavy atom. The molecule has 0 amide bonds. The highest BCUT2D eigenvalue weighted by Gasteiger charge is 2.23. The van der Waals surface area contributed by atoms with Gasteiger partial charge in [-0.05, 0) is 150 Å². The molecule has 0 radical (unpaired) electrons. The SMILES string of the molecule is OC(O)(O)c1ccc(-c2ccc(-c3ccccc3-c3cc(-c4ccccc4-c4ccc(-c5ccccn5)cc4)cc(-c4ccccc4-c4ccc(-c5ccccn5)cc4)c3)c(-c3ccc(-c4ccccc4)cc3)c2)nc1. The van der Waals surface area contributed by atoms with Crippen LogP contribution < -0.4 is 0 Å². The molecule has 12 rings (SSSR count). The molecule has 0 atom stereocenters. The largest absolute Gasteiger partial charge is 0.340 e. The van der Waals surface area contributed by atoms with E-state index in [1.54, 1.807) is 6.07 Å². The summed E-state index contributed by atoms with van der Waals surface area (Å²) in [6.45, 7) is 0. The maximum atomic E-state index is 9.88. The van der Waals surface area contributed by atoms with E-state index in [2.05, 4.69) is 215 Å². The van der Waals surface area contributed by atoms with Crippen molar-refractivity contribution in [2.75, 3.05) is 0 Å². The third-order valence-electron chi connectivity index (χ3n) is 14.0. The molecule has 6 nitrogen and oxygen atoms in total. The predicted molar refractivity (Wildman–Crippen MR) is 308 cm³/mol. The van der Waals surface area contributed by atoms with Gasteiger partial charge < -0.3 is 15.3 Å². The van der Waals surface area contributed by atoms with Gasteiger partial charge in [0.2, 0.25) is 0 Å². The van der Waals surface area contributed by atoms with E-state index in [0.717, 1.165) is 117 Å².